The molecule has 0 aliphatic rings. The number of carbonyl (C=O) groups is 1. The summed E-state index contributed by atoms with van der Waals surface area (Å²) in [6.45, 7) is 11.0. The molecule has 0 saturated heterocycles. The predicted octanol–water partition coefficient (Wildman–Crippen LogP) is 9.42. The van der Waals surface area contributed by atoms with Crippen molar-refractivity contribution in [3.63, 3.8) is 0 Å². The minimum atomic E-state index is -0.899. The van der Waals surface area contributed by atoms with Crippen molar-refractivity contribution in [2.24, 2.45) is 10.9 Å². The second kappa shape index (κ2) is 19.2. The van der Waals surface area contributed by atoms with Gasteiger partial charge < -0.3 is 14.6 Å². The molecule has 0 amide bonds. The molecule has 0 bridgehead atoms. The van der Waals surface area contributed by atoms with Gasteiger partial charge in [-0.25, -0.2) is 0 Å². The number of benzene rings is 2. The van der Waals surface area contributed by atoms with Crippen LogP contribution in [0.3, 0.4) is 0 Å². The highest BCUT2D eigenvalue weighted by Crippen LogP contribution is 2.30. The van der Waals surface area contributed by atoms with Crippen molar-refractivity contribution in [3.8, 4) is 16.9 Å². The number of allylic oxidation sites excluding steroid dienone is 1. The van der Waals surface area contributed by atoms with E-state index < -0.39 is 11.9 Å². The molecule has 1 N–H and O–H groups in total. The Labute approximate surface area is 252 Å². The van der Waals surface area contributed by atoms with E-state index >= 15 is 0 Å². The van der Waals surface area contributed by atoms with Crippen LogP contribution in [0, 0.1) is 5.92 Å². The Hall–Kier alpha value is -2.95. The van der Waals surface area contributed by atoms with E-state index in [0.29, 0.717) is 24.9 Å². The van der Waals surface area contributed by atoms with Gasteiger partial charge in [0.05, 0.1) is 12.1 Å². The van der Waals surface area contributed by atoms with Crippen LogP contribution in [0.2, 0.25) is 0 Å². The Kier molecular flexibility index (Phi) is 16.1. The van der Waals surface area contributed by atoms with Crippen LogP contribution in [0.25, 0.3) is 11.1 Å². The van der Waals surface area contributed by atoms with Crippen molar-refractivity contribution in [2.45, 2.75) is 66.1 Å². The summed E-state index contributed by atoms with van der Waals surface area (Å²) in [5.41, 5.74) is 4.80. The van der Waals surface area contributed by atoms with E-state index in [9.17, 15) is 4.79 Å². The summed E-state index contributed by atoms with van der Waals surface area (Å²) in [5, 5.41) is 11.2. The second-order valence-corrected chi connectivity index (χ2v) is 11.8. The predicted molar refractivity (Wildman–Crippen MR) is 177 cm³/mol. The van der Waals surface area contributed by atoms with E-state index in [1.165, 1.54) is 31.0 Å². The van der Waals surface area contributed by atoms with Crippen LogP contribution in [0.15, 0.2) is 76.8 Å². The molecule has 0 saturated carbocycles. The van der Waals surface area contributed by atoms with Crippen molar-refractivity contribution in [1.82, 2.24) is 0 Å². The molecule has 0 aliphatic carbocycles. The maximum Gasteiger partial charge on any atom is 0.310 e. The van der Waals surface area contributed by atoms with Gasteiger partial charge in [0.2, 0.25) is 0 Å². The first kappa shape index (κ1) is 34.3. The van der Waals surface area contributed by atoms with Crippen LogP contribution in [-0.2, 0) is 22.7 Å². The monoisotopic (exact) mass is 595 g/mol. The zero-order chi connectivity index (χ0) is 30.0. The molecule has 3 aromatic rings. The summed E-state index contributed by atoms with van der Waals surface area (Å²) >= 11 is 1.61. The van der Waals surface area contributed by atoms with Gasteiger partial charge in [-0.1, -0.05) is 63.6 Å². The zero-order valence-electron chi connectivity index (χ0n) is 25.4. The van der Waals surface area contributed by atoms with Gasteiger partial charge in [-0.05, 0) is 90.4 Å². The lowest BCUT2D eigenvalue weighted by atomic mass is 9.92. The minimum Gasteiger partial charge on any atom is -0.489 e. The fraction of sp³-hybridized carbons (Fsp3) is 0.412. The van der Waals surface area contributed by atoms with E-state index in [-0.39, 0.29) is 0 Å². The summed E-state index contributed by atoms with van der Waals surface area (Å²) < 4.78 is 11.9. The van der Waals surface area contributed by atoms with Crippen LogP contribution in [-0.4, -0.2) is 37.2 Å². The summed E-state index contributed by atoms with van der Waals surface area (Å²) in [4.78, 5) is 16.2. The number of ether oxygens (including phenoxy) is 2. The van der Waals surface area contributed by atoms with Gasteiger partial charge in [-0.2, -0.15) is 0 Å². The molecular formula is C34H46NO4PS. The molecule has 3 rings (SSSR count). The topological polar surface area (TPSA) is 68.1 Å². The third kappa shape index (κ3) is 11.8. The largest absolute Gasteiger partial charge is 0.489 e. The van der Waals surface area contributed by atoms with Gasteiger partial charge in [-0.3, -0.25) is 9.79 Å². The number of rotatable bonds is 16. The molecule has 1 aromatic heterocycles. The Morgan fingerprint density at radius 2 is 1.76 bits per heavy atom. The number of aliphatic imine (C=N–C) groups is 1. The third-order valence-corrected chi connectivity index (χ3v) is 8.22. The molecule has 0 radical (unpaired) electrons. The molecule has 7 heteroatoms. The first-order valence-corrected chi connectivity index (χ1v) is 17.1. The molecule has 0 spiro atoms. The van der Waals surface area contributed by atoms with Crippen LogP contribution in [0.5, 0.6) is 5.75 Å². The quantitative estimate of drug-likeness (QED) is 0.102. The van der Waals surface area contributed by atoms with Crippen molar-refractivity contribution in [2.75, 3.05) is 19.9 Å². The smallest absolute Gasteiger partial charge is 0.310 e. The summed E-state index contributed by atoms with van der Waals surface area (Å²) in [6.07, 6.45) is 8.14. The lowest BCUT2D eigenvalue weighted by Gasteiger charge is -2.17. The Morgan fingerprint density at radius 1 is 1.05 bits per heavy atom. The van der Waals surface area contributed by atoms with Crippen LogP contribution in [0.1, 0.15) is 68.9 Å². The van der Waals surface area contributed by atoms with E-state index in [2.05, 4.69) is 78.6 Å². The number of hydrogen-bond acceptors (Lipinski definition) is 5. The lowest BCUT2D eigenvalue weighted by molar-refractivity contribution is -0.139. The fourth-order valence-electron chi connectivity index (χ4n) is 4.28. The normalized spacial score (nSPS) is 13.2. The summed E-state index contributed by atoms with van der Waals surface area (Å²) in [5.74, 6) is 0.464. The maximum absolute atomic E-state index is 11.1. The zero-order valence-corrected chi connectivity index (χ0v) is 27.2. The van der Waals surface area contributed by atoms with Gasteiger partial charge in [0.25, 0.3) is 0 Å². The van der Waals surface area contributed by atoms with Crippen molar-refractivity contribution < 1.29 is 19.4 Å². The van der Waals surface area contributed by atoms with Gasteiger partial charge in [0.1, 0.15) is 24.7 Å². The third-order valence-electron chi connectivity index (χ3n) is 6.52. The Morgan fingerprint density at radius 3 is 2.37 bits per heavy atom. The van der Waals surface area contributed by atoms with Gasteiger partial charge in [0.15, 0.2) is 0 Å². The van der Waals surface area contributed by atoms with E-state index in [4.69, 9.17) is 14.6 Å². The van der Waals surface area contributed by atoms with Crippen molar-refractivity contribution >= 4 is 32.1 Å². The molecular weight excluding hydrogens is 549 g/mol. The number of thiophene rings is 1. The van der Waals surface area contributed by atoms with Gasteiger partial charge in [0, 0.05) is 11.9 Å². The highest BCUT2D eigenvalue weighted by molar-refractivity contribution is 7.36. The fourth-order valence-corrected chi connectivity index (χ4v) is 5.72. The molecule has 2 unspecified atom stereocenters. The van der Waals surface area contributed by atoms with Crippen LogP contribution < -0.4 is 4.74 Å². The van der Waals surface area contributed by atoms with Gasteiger partial charge >= 0.3 is 5.97 Å². The maximum atomic E-state index is 11.1. The molecule has 41 heavy (non-hydrogen) atoms. The SMILES string of the molecule is CC.CCCC(CCPC)c1ccc(OCc2ccc(-c3csc(CO/C(C=NC)=C/[C@H](C)C(=O)O)c3)cc2)cc1. The molecule has 222 valence electrons. The molecule has 0 fully saturated rings. The molecule has 3 atom stereocenters. The Bertz CT molecular complexity index is 1220. The number of aliphatic carboxylic acids is 1. The van der Waals surface area contributed by atoms with Crippen molar-refractivity contribution in [3.05, 3.63) is 87.8 Å². The molecule has 1 heterocycles. The summed E-state index contributed by atoms with van der Waals surface area (Å²) in [6, 6.07) is 19.2. The lowest BCUT2D eigenvalue weighted by Crippen LogP contribution is -2.08. The van der Waals surface area contributed by atoms with Crippen LogP contribution in [0.4, 0.5) is 0 Å². The van der Waals surface area contributed by atoms with E-state index in [1.807, 2.05) is 13.8 Å². The van der Waals surface area contributed by atoms with Gasteiger partial charge in [-0.15, -0.1) is 19.9 Å². The van der Waals surface area contributed by atoms with E-state index in [0.717, 1.165) is 35.9 Å². The number of carboxylic acids is 1. The Balaban J connectivity index is 0.00000287. The first-order valence-electron chi connectivity index (χ1n) is 14.5. The highest BCUT2D eigenvalue weighted by atomic mass is 32.1. The number of carboxylic acid groups (broad SMARTS) is 1. The minimum absolute atomic E-state index is 0.359. The second-order valence-electron chi connectivity index (χ2n) is 9.61. The van der Waals surface area contributed by atoms with Crippen LogP contribution >= 0.6 is 19.9 Å². The van der Waals surface area contributed by atoms with E-state index in [1.54, 1.807) is 37.6 Å². The summed E-state index contributed by atoms with van der Waals surface area (Å²) in [7, 11) is 2.65. The first-order chi connectivity index (χ1) is 19.9. The molecule has 5 nitrogen and oxygen atoms in total. The average molecular weight is 596 g/mol. The van der Waals surface area contributed by atoms with Crippen molar-refractivity contribution in [1.29, 1.82) is 0 Å². The number of hydrogen-bond donors (Lipinski definition) is 1. The molecule has 2 aromatic carbocycles. The number of nitrogens with zero attached hydrogens (tertiary/aromatic N) is 1. The molecule has 0 aliphatic heterocycles. The standard InChI is InChI=1S/C32H40NO4PS.C2H6/c1-5-6-25(15-16-38-4)26-11-13-29(14-12-26)36-20-24-7-9-27(10-8-24)28-18-31(39-22-28)21-37-30(19-33-3)17-23(2)32(34)35;1-2/h7-14,17-19,22-23,25,38H,5-6,15-16,20-21H2,1-4H3,(H,34,35);1-2H3/b30-17+,33-19?;/t23-,25?;/m0./s1. The highest BCUT2D eigenvalue weighted by Gasteiger charge is 2.12. The average Bonchev–Trinajstić information content (AvgIpc) is 3.48.